The lowest BCUT2D eigenvalue weighted by atomic mass is 10.0. The van der Waals surface area contributed by atoms with E-state index in [-0.39, 0.29) is 5.75 Å². The van der Waals surface area contributed by atoms with Crippen molar-refractivity contribution >= 4 is 5.71 Å². The maximum Gasteiger partial charge on any atom is 0.128 e. The Labute approximate surface area is 162 Å². The van der Waals surface area contributed by atoms with Gasteiger partial charge in [0, 0.05) is 17.2 Å². The monoisotopic (exact) mass is 369 g/mol. The van der Waals surface area contributed by atoms with E-state index in [1.807, 2.05) is 30.3 Å². The molecule has 2 aromatic carbocycles. The lowest BCUT2D eigenvalue weighted by molar-refractivity contribution is 0.302. The molecule has 0 amide bonds. The average molecular weight is 370 g/mol. The Morgan fingerprint density at radius 1 is 0.889 bits per heavy atom. The van der Waals surface area contributed by atoms with Crippen LogP contribution in [-0.4, -0.2) is 22.6 Å². The summed E-state index contributed by atoms with van der Waals surface area (Å²) in [6.07, 6.45) is 10.1. The van der Waals surface area contributed by atoms with Crippen molar-refractivity contribution in [3.05, 3.63) is 59.7 Å². The molecule has 2 rings (SSSR count). The molecule has 4 heteroatoms. The summed E-state index contributed by atoms with van der Waals surface area (Å²) in [7, 11) is 0. The number of oxime groups is 1. The van der Waals surface area contributed by atoms with Gasteiger partial charge in [0.1, 0.15) is 17.2 Å². The zero-order valence-corrected chi connectivity index (χ0v) is 16.2. The van der Waals surface area contributed by atoms with Crippen LogP contribution in [0.15, 0.2) is 53.7 Å². The fourth-order valence-electron chi connectivity index (χ4n) is 3.09. The number of phenolic OH excluding ortho intramolecular Hbond substituents is 1. The van der Waals surface area contributed by atoms with E-state index in [1.165, 1.54) is 44.9 Å². The highest BCUT2D eigenvalue weighted by atomic mass is 16.5. The molecule has 0 aliphatic heterocycles. The summed E-state index contributed by atoms with van der Waals surface area (Å²) in [4.78, 5) is 0. The third-order valence-electron chi connectivity index (χ3n) is 4.64. The molecule has 0 spiro atoms. The molecule has 27 heavy (non-hydrogen) atoms. The molecular weight excluding hydrogens is 338 g/mol. The minimum atomic E-state index is 0.0417. The SMILES string of the molecule is CCCCCCCCCCOc1ccc(/C(=N/O)c2ccccc2)c(O)c1. The number of benzene rings is 2. The second kappa shape index (κ2) is 12.0. The van der Waals surface area contributed by atoms with Gasteiger partial charge >= 0.3 is 0 Å². The highest BCUT2D eigenvalue weighted by molar-refractivity contribution is 6.14. The van der Waals surface area contributed by atoms with E-state index >= 15 is 0 Å². The summed E-state index contributed by atoms with van der Waals surface area (Å²) < 4.78 is 5.74. The molecular formula is C23H31NO3. The standard InChI is InChI=1S/C23H31NO3/c1-2-3-4-5-6-7-8-12-17-27-20-15-16-21(22(25)18-20)23(24-26)19-13-10-9-11-14-19/h9-11,13-16,18,25-26H,2-8,12,17H2,1H3/b24-23+. The first kappa shape index (κ1) is 20.8. The van der Waals surface area contributed by atoms with Crippen LogP contribution in [0.1, 0.15) is 69.4 Å². The molecule has 0 heterocycles. The maximum absolute atomic E-state index is 10.3. The average Bonchev–Trinajstić information content (AvgIpc) is 2.69. The number of nitrogens with zero attached hydrogens (tertiary/aromatic N) is 1. The first-order chi connectivity index (χ1) is 13.3. The second-order valence-corrected chi connectivity index (χ2v) is 6.82. The quantitative estimate of drug-likeness (QED) is 0.204. The van der Waals surface area contributed by atoms with E-state index < -0.39 is 0 Å². The Hall–Kier alpha value is -2.49. The van der Waals surface area contributed by atoms with Crippen LogP contribution in [-0.2, 0) is 0 Å². The number of rotatable bonds is 12. The molecule has 2 aromatic rings. The van der Waals surface area contributed by atoms with Crippen molar-refractivity contribution in [1.82, 2.24) is 0 Å². The zero-order valence-electron chi connectivity index (χ0n) is 16.2. The second-order valence-electron chi connectivity index (χ2n) is 6.82. The Balaban J connectivity index is 1.79. The Morgan fingerprint density at radius 2 is 1.56 bits per heavy atom. The number of ether oxygens (including phenoxy) is 1. The third kappa shape index (κ3) is 6.97. The smallest absolute Gasteiger partial charge is 0.128 e. The largest absolute Gasteiger partial charge is 0.507 e. The lowest BCUT2D eigenvalue weighted by Gasteiger charge is -2.10. The zero-order chi connectivity index (χ0) is 19.3. The predicted molar refractivity (Wildman–Crippen MR) is 110 cm³/mol. The topological polar surface area (TPSA) is 62.0 Å². The number of phenols is 1. The van der Waals surface area contributed by atoms with E-state index in [0.29, 0.717) is 23.6 Å². The minimum Gasteiger partial charge on any atom is -0.507 e. The molecule has 2 N–H and O–H groups in total. The first-order valence-corrected chi connectivity index (χ1v) is 10.00. The van der Waals surface area contributed by atoms with Gasteiger partial charge in [-0.25, -0.2) is 0 Å². The van der Waals surface area contributed by atoms with Crippen molar-refractivity contribution in [2.75, 3.05) is 6.61 Å². The van der Waals surface area contributed by atoms with Gasteiger partial charge < -0.3 is 15.1 Å². The van der Waals surface area contributed by atoms with Crippen LogP contribution in [0.5, 0.6) is 11.5 Å². The van der Waals surface area contributed by atoms with E-state index in [0.717, 1.165) is 12.0 Å². The van der Waals surface area contributed by atoms with E-state index in [2.05, 4.69) is 12.1 Å². The summed E-state index contributed by atoms with van der Waals surface area (Å²) in [6, 6.07) is 14.4. The number of hydrogen-bond acceptors (Lipinski definition) is 4. The van der Waals surface area contributed by atoms with Gasteiger partial charge in [-0.1, -0.05) is 87.4 Å². The molecule has 0 aliphatic rings. The minimum absolute atomic E-state index is 0.0417. The lowest BCUT2D eigenvalue weighted by Crippen LogP contribution is -2.04. The van der Waals surface area contributed by atoms with Crippen LogP contribution < -0.4 is 4.74 Å². The number of aromatic hydroxyl groups is 1. The summed E-state index contributed by atoms with van der Waals surface area (Å²) in [5.74, 6) is 0.671. The van der Waals surface area contributed by atoms with Crippen molar-refractivity contribution in [2.24, 2.45) is 5.16 Å². The van der Waals surface area contributed by atoms with Crippen molar-refractivity contribution in [2.45, 2.75) is 58.3 Å². The van der Waals surface area contributed by atoms with Gasteiger partial charge in [-0.15, -0.1) is 0 Å². The summed E-state index contributed by atoms with van der Waals surface area (Å²) in [5, 5.41) is 23.0. The summed E-state index contributed by atoms with van der Waals surface area (Å²) >= 11 is 0. The van der Waals surface area contributed by atoms with Crippen LogP contribution >= 0.6 is 0 Å². The molecule has 0 saturated heterocycles. The van der Waals surface area contributed by atoms with Crippen molar-refractivity contribution < 1.29 is 15.1 Å². The van der Waals surface area contributed by atoms with Gasteiger partial charge in [-0.2, -0.15) is 0 Å². The Morgan fingerprint density at radius 3 is 2.19 bits per heavy atom. The molecule has 0 unspecified atom stereocenters. The molecule has 0 aliphatic carbocycles. The summed E-state index contributed by atoms with van der Waals surface area (Å²) in [6.45, 7) is 2.88. The number of unbranched alkanes of at least 4 members (excludes halogenated alkanes) is 7. The van der Waals surface area contributed by atoms with Crippen molar-refractivity contribution in [3.8, 4) is 11.5 Å². The van der Waals surface area contributed by atoms with Crippen LogP contribution in [0.3, 0.4) is 0 Å². The van der Waals surface area contributed by atoms with Gasteiger partial charge in [0.2, 0.25) is 0 Å². The molecule has 0 bridgehead atoms. The fourth-order valence-corrected chi connectivity index (χ4v) is 3.09. The molecule has 0 atom stereocenters. The van der Waals surface area contributed by atoms with Gasteiger partial charge in [-0.05, 0) is 18.6 Å². The highest BCUT2D eigenvalue weighted by Crippen LogP contribution is 2.26. The Bertz CT molecular complexity index is 698. The van der Waals surface area contributed by atoms with E-state index in [4.69, 9.17) is 4.74 Å². The van der Waals surface area contributed by atoms with Gasteiger partial charge in [0.15, 0.2) is 0 Å². The van der Waals surface area contributed by atoms with E-state index in [1.54, 1.807) is 18.2 Å². The first-order valence-electron chi connectivity index (χ1n) is 10.00. The van der Waals surface area contributed by atoms with Crippen LogP contribution in [0.25, 0.3) is 0 Å². The predicted octanol–water partition coefficient (Wildman–Crippen LogP) is 6.14. The number of hydrogen-bond donors (Lipinski definition) is 2. The summed E-state index contributed by atoms with van der Waals surface area (Å²) in [5.41, 5.74) is 1.55. The Kier molecular flexibility index (Phi) is 9.25. The van der Waals surface area contributed by atoms with Crippen LogP contribution in [0.4, 0.5) is 0 Å². The molecule has 0 radical (unpaired) electrons. The van der Waals surface area contributed by atoms with Gasteiger partial charge in [0.25, 0.3) is 0 Å². The molecule has 0 fully saturated rings. The highest BCUT2D eigenvalue weighted by Gasteiger charge is 2.13. The fraction of sp³-hybridized carbons (Fsp3) is 0.435. The normalized spacial score (nSPS) is 11.5. The van der Waals surface area contributed by atoms with Gasteiger partial charge in [-0.3, -0.25) is 0 Å². The maximum atomic E-state index is 10.3. The molecule has 0 aromatic heterocycles. The third-order valence-corrected chi connectivity index (χ3v) is 4.64. The molecule has 0 saturated carbocycles. The molecule has 4 nitrogen and oxygen atoms in total. The van der Waals surface area contributed by atoms with Crippen molar-refractivity contribution in [1.29, 1.82) is 0 Å². The van der Waals surface area contributed by atoms with E-state index in [9.17, 15) is 10.3 Å². The van der Waals surface area contributed by atoms with Crippen molar-refractivity contribution in [3.63, 3.8) is 0 Å². The molecule has 146 valence electrons. The van der Waals surface area contributed by atoms with Gasteiger partial charge in [0.05, 0.1) is 6.61 Å². The van der Waals surface area contributed by atoms with Crippen LogP contribution in [0, 0.1) is 0 Å². The van der Waals surface area contributed by atoms with Crippen LogP contribution in [0.2, 0.25) is 0 Å².